The number of nitrogens with one attached hydrogen (secondary N) is 2. The van der Waals surface area contributed by atoms with Crippen molar-refractivity contribution in [1.29, 1.82) is 0 Å². The molecule has 0 aliphatic rings. The van der Waals surface area contributed by atoms with Gasteiger partial charge in [-0.25, -0.2) is 8.42 Å². The SMILES string of the molecule is COc1ccc(NC(=O)c2ccc(Cl)c(S(=O)(=O)Nc3ccc(C)c(C)c3)c2)cc1OC. The first-order valence-electron chi connectivity index (χ1n) is 9.57. The number of amides is 1. The fourth-order valence-electron chi connectivity index (χ4n) is 2.98. The predicted molar refractivity (Wildman–Crippen MR) is 126 cm³/mol. The summed E-state index contributed by atoms with van der Waals surface area (Å²) in [4.78, 5) is 12.6. The summed E-state index contributed by atoms with van der Waals surface area (Å²) in [5.74, 6) is 0.460. The second-order valence-electron chi connectivity index (χ2n) is 7.07. The van der Waals surface area contributed by atoms with Crippen molar-refractivity contribution in [2.24, 2.45) is 0 Å². The summed E-state index contributed by atoms with van der Waals surface area (Å²) in [7, 11) is -1.02. The number of sulfonamides is 1. The van der Waals surface area contributed by atoms with E-state index in [1.165, 1.54) is 32.4 Å². The molecule has 0 bridgehead atoms. The van der Waals surface area contributed by atoms with Gasteiger partial charge in [-0.2, -0.15) is 0 Å². The van der Waals surface area contributed by atoms with Crippen molar-refractivity contribution in [1.82, 2.24) is 0 Å². The predicted octanol–water partition coefficient (Wildman–Crippen LogP) is 5.03. The molecule has 32 heavy (non-hydrogen) atoms. The molecule has 0 aliphatic heterocycles. The molecule has 0 atom stereocenters. The Morgan fingerprint density at radius 2 is 1.53 bits per heavy atom. The molecule has 0 saturated carbocycles. The van der Waals surface area contributed by atoms with E-state index in [1.54, 1.807) is 30.3 Å². The van der Waals surface area contributed by atoms with E-state index in [0.29, 0.717) is 22.9 Å². The van der Waals surface area contributed by atoms with Gasteiger partial charge in [0.2, 0.25) is 0 Å². The van der Waals surface area contributed by atoms with Gasteiger partial charge in [0.1, 0.15) is 4.90 Å². The fraction of sp³-hybridized carbons (Fsp3) is 0.174. The van der Waals surface area contributed by atoms with Crippen molar-refractivity contribution in [3.05, 3.63) is 76.3 Å². The number of rotatable bonds is 7. The maximum absolute atomic E-state index is 12.9. The number of carbonyl (C=O) groups is 1. The summed E-state index contributed by atoms with van der Waals surface area (Å²) in [6.45, 7) is 3.82. The molecule has 0 fully saturated rings. The van der Waals surface area contributed by atoms with Crippen molar-refractivity contribution < 1.29 is 22.7 Å². The van der Waals surface area contributed by atoms with Crippen LogP contribution in [-0.2, 0) is 10.0 Å². The Hall–Kier alpha value is -3.23. The first kappa shape index (κ1) is 23.4. The van der Waals surface area contributed by atoms with Gasteiger partial charge in [0.15, 0.2) is 11.5 Å². The third-order valence-corrected chi connectivity index (χ3v) is 6.75. The summed E-state index contributed by atoms with van der Waals surface area (Å²) in [6.07, 6.45) is 0. The van der Waals surface area contributed by atoms with Crippen LogP contribution in [0.2, 0.25) is 5.02 Å². The summed E-state index contributed by atoms with van der Waals surface area (Å²) in [5, 5.41) is 2.72. The maximum Gasteiger partial charge on any atom is 0.263 e. The fourth-order valence-corrected chi connectivity index (χ4v) is 4.56. The standard InChI is InChI=1S/C23H23ClN2O5S/c1-14-5-7-18(11-15(14)2)26-32(28,29)22-12-16(6-9-19(22)24)23(27)25-17-8-10-20(30-3)21(13-17)31-4/h5-13,26H,1-4H3,(H,25,27). The molecule has 1 amide bonds. The lowest BCUT2D eigenvalue weighted by Crippen LogP contribution is -2.16. The molecule has 9 heteroatoms. The summed E-state index contributed by atoms with van der Waals surface area (Å²) >= 11 is 6.16. The van der Waals surface area contributed by atoms with E-state index in [0.717, 1.165) is 11.1 Å². The average Bonchev–Trinajstić information content (AvgIpc) is 2.76. The number of carbonyl (C=O) groups excluding carboxylic acids is 1. The molecule has 0 spiro atoms. The van der Waals surface area contributed by atoms with E-state index in [1.807, 2.05) is 19.9 Å². The van der Waals surface area contributed by atoms with E-state index in [9.17, 15) is 13.2 Å². The number of hydrogen-bond acceptors (Lipinski definition) is 5. The quantitative estimate of drug-likeness (QED) is 0.501. The molecule has 0 unspecified atom stereocenters. The molecule has 3 aromatic carbocycles. The largest absolute Gasteiger partial charge is 0.493 e. The highest BCUT2D eigenvalue weighted by Gasteiger charge is 2.21. The van der Waals surface area contributed by atoms with Crippen molar-refractivity contribution in [2.75, 3.05) is 24.3 Å². The number of halogens is 1. The van der Waals surface area contributed by atoms with Gasteiger partial charge < -0.3 is 14.8 Å². The zero-order chi connectivity index (χ0) is 23.5. The van der Waals surface area contributed by atoms with Crippen LogP contribution in [0.25, 0.3) is 0 Å². The number of anilines is 2. The smallest absolute Gasteiger partial charge is 0.263 e. The van der Waals surface area contributed by atoms with Gasteiger partial charge in [0, 0.05) is 23.0 Å². The Morgan fingerprint density at radius 1 is 0.844 bits per heavy atom. The van der Waals surface area contributed by atoms with E-state index in [4.69, 9.17) is 21.1 Å². The van der Waals surface area contributed by atoms with Crippen LogP contribution in [0.15, 0.2) is 59.5 Å². The molecular formula is C23H23ClN2O5S. The zero-order valence-electron chi connectivity index (χ0n) is 18.0. The highest BCUT2D eigenvalue weighted by atomic mass is 35.5. The molecule has 3 rings (SSSR count). The van der Waals surface area contributed by atoms with Crippen molar-refractivity contribution in [3.63, 3.8) is 0 Å². The Morgan fingerprint density at radius 3 is 2.19 bits per heavy atom. The number of benzene rings is 3. The van der Waals surface area contributed by atoms with Gasteiger partial charge in [0.25, 0.3) is 15.9 Å². The van der Waals surface area contributed by atoms with Crippen LogP contribution in [-0.4, -0.2) is 28.5 Å². The van der Waals surface area contributed by atoms with E-state index >= 15 is 0 Å². The monoisotopic (exact) mass is 474 g/mol. The van der Waals surface area contributed by atoms with Crippen LogP contribution in [0.4, 0.5) is 11.4 Å². The average molecular weight is 475 g/mol. The summed E-state index contributed by atoms with van der Waals surface area (Å²) < 4.78 is 38.8. The van der Waals surface area contributed by atoms with Crippen molar-refractivity contribution >= 4 is 38.9 Å². The third kappa shape index (κ3) is 5.15. The second kappa shape index (κ2) is 9.50. The number of ether oxygens (including phenoxy) is 2. The molecule has 0 radical (unpaired) electrons. The zero-order valence-corrected chi connectivity index (χ0v) is 19.6. The molecule has 168 valence electrons. The number of methoxy groups -OCH3 is 2. The van der Waals surface area contributed by atoms with Crippen LogP contribution in [0.5, 0.6) is 11.5 Å². The molecule has 0 heterocycles. The van der Waals surface area contributed by atoms with Crippen LogP contribution < -0.4 is 19.5 Å². The second-order valence-corrected chi connectivity index (χ2v) is 9.13. The van der Waals surface area contributed by atoms with Crippen molar-refractivity contribution in [3.8, 4) is 11.5 Å². The minimum absolute atomic E-state index is 0.00370. The molecule has 3 aromatic rings. The van der Waals surface area contributed by atoms with Gasteiger partial charge in [-0.05, 0) is 67.4 Å². The molecule has 0 aliphatic carbocycles. The van der Waals surface area contributed by atoms with Crippen LogP contribution in [0, 0.1) is 13.8 Å². The Balaban J connectivity index is 1.87. The number of aryl methyl sites for hydroxylation is 2. The van der Waals surface area contributed by atoms with Gasteiger partial charge >= 0.3 is 0 Å². The van der Waals surface area contributed by atoms with Crippen LogP contribution in [0.1, 0.15) is 21.5 Å². The topological polar surface area (TPSA) is 93.7 Å². The lowest BCUT2D eigenvalue weighted by molar-refractivity contribution is 0.102. The first-order chi connectivity index (χ1) is 15.1. The van der Waals surface area contributed by atoms with Crippen LogP contribution in [0.3, 0.4) is 0 Å². The Bertz CT molecular complexity index is 1280. The minimum Gasteiger partial charge on any atom is -0.493 e. The first-order valence-corrected chi connectivity index (χ1v) is 11.4. The lowest BCUT2D eigenvalue weighted by atomic mass is 10.1. The third-order valence-electron chi connectivity index (χ3n) is 4.88. The highest BCUT2D eigenvalue weighted by Crippen LogP contribution is 2.30. The van der Waals surface area contributed by atoms with Gasteiger partial charge in [-0.3, -0.25) is 9.52 Å². The molecule has 2 N–H and O–H groups in total. The van der Waals surface area contributed by atoms with Crippen LogP contribution >= 0.6 is 11.6 Å². The maximum atomic E-state index is 12.9. The lowest BCUT2D eigenvalue weighted by Gasteiger charge is -2.13. The van der Waals surface area contributed by atoms with Gasteiger partial charge in [-0.1, -0.05) is 17.7 Å². The summed E-state index contributed by atoms with van der Waals surface area (Å²) in [6, 6.07) is 14.2. The van der Waals surface area contributed by atoms with Crippen molar-refractivity contribution in [2.45, 2.75) is 18.7 Å². The summed E-state index contributed by atoms with van der Waals surface area (Å²) in [5.41, 5.74) is 2.98. The molecule has 7 nitrogen and oxygen atoms in total. The number of hydrogen-bond donors (Lipinski definition) is 2. The van der Waals surface area contributed by atoms with E-state index in [-0.39, 0.29) is 15.5 Å². The normalized spacial score (nSPS) is 11.0. The van der Waals surface area contributed by atoms with E-state index in [2.05, 4.69) is 10.0 Å². The highest BCUT2D eigenvalue weighted by molar-refractivity contribution is 7.92. The molecule has 0 saturated heterocycles. The Labute approximate surface area is 192 Å². The van der Waals surface area contributed by atoms with Gasteiger partial charge in [0.05, 0.1) is 19.2 Å². The Kier molecular flexibility index (Phi) is 6.96. The van der Waals surface area contributed by atoms with Gasteiger partial charge in [-0.15, -0.1) is 0 Å². The minimum atomic E-state index is -4.02. The molecular weight excluding hydrogens is 452 g/mol. The molecule has 0 aromatic heterocycles. The van der Waals surface area contributed by atoms with E-state index < -0.39 is 15.9 Å².